The van der Waals surface area contributed by atoms with Crippen LogP contribution in [0.1, 0.15) is 19.8 Å². The Hall–Kier alpha value is -1.13. The largest absolute Gasteiger partial charge is 0.378 e. The number of hydrogen-bond acceptors (Lipinski definition) is 3. The average Bonchev–Trinajstić information content (AvgIpc) is 2.29. The normalized spacial score (nSPS) is 27.6. The predicted octanol–water partition coefficient (Wildman–Crippen LogP) is 2.13. The summed E-state index contributed by atoms with van der Waals surface area (Å²) in [6.07, 6.45) is 2.13. The quantitative estimate of drug-likeness (QED) is 0.826. The Morgan fingerprint density at radius 1 is 1.41 bits per heavy atom. The Labute approximate surface area is 101 Å². The molecular weight excluding hydrogens is 219 g/mol. The van der Waals surface area contributed by atoms with Crippen LogP contribution in [-0.2, 0) is 4.74 Å². The third-order valence-corrected chi connectivity index (χ3v) is 3.28. The van der Waals surface area contributed by atoms with Crippen LogP contribution in [0.15, 0.2) is 24.3 Å². The zero-order valence-corrected chi connectivity index (χ0v) is 10.1. The molecule has 1 aliphatic carbocycles. The third kappa shape index (κ3) is 2.76. The van der Waals surface area contributed by atoms with Gasteiger partial charge in [0.15, 0.2) is 0 Å². The van der Waals surface area contributed by atoms with Crippen LogP contribution in [0.5, 0.6) is 0 Å². The van der Waals surface area contributed by atoms with E-state index in [0.717, 1.165) is 25.1 Å². The molecule has 1 aromatic rings. The zero-order valence-electron chi connectivity index (χ0n) is 10.1. The summed E-state index contributed by atoms with van der Waals surface area (Å²) in [6.45, 7) is 3.30. The molecule has 1 aliphatic rings. The number of halogens is 1. The smallest absolute Gasteiger partial charge is 0.123 e. The Bertz CT molecular complexity index is 360. The molecule has 17 heavy (non-hydrogen) atoms. The van der Waals surface area contributed by atoms with Crippen molar-refractivity contribution in [3.05, 3.63) is 30.1 Å². The van der Waals surface area contributed by atoms with Gasteiger partial charge in [0.1, 0.15) is 5.82 Å². The molecular formula is C13H19FN2O. The topological polar surface area (TPSA) is 47.3 Å². The molecule has 3 nitrogen and oxygen atoms in total. The first-order chi connectivity index (χ1) is 8.17. The molecule has 1 saturated carbocycles. The van der Waals surface area contributed by atoms with Crippen LogP contribution < -0.4 is 11.1 Å². The molecule has 0 saturated heterocycles. The molecule has 1 aromatic carbocycles. The maximum atomic E-state index is 12.8. The summed E-state index contributed by atoms with van der Waals surface area (Å²) < 4.78 is 18.3. The van der Waals surface area contributed by atoms with E-state index in [0.29, 0.717) is 12.6 Å². The summed E-state index contributed by atoms with van der Waals surface area (Å²) in [4.78, 5) is 0. The summed E-state index contributed by atoms with van der Waals surface area (Å²) in [5, 5.41) is 3.39. The summed E-state index contributed by atoms with van der Waals surface area (Å²) in [7, 11) is 0. The van der Waals surface area contributed by atoms with E-state index >= 15 is 0 Å². The lowest BCUT2D eigenvalue weighted by Gasteiger charge is -2.47. The summed E-state index contributed by atoms with van der Waals surface area (Å²) in [5.74, 6) is -0.224. The standard InChI is InChI=1S/C13H19FN2O/c1-2-17-12-7-13(8-12,9-15)16-11-5-3-10(14)4-6-11/h3-6,12,16H,2,7-9,15H2,1H3. The van der Waals surface area contributed by atoms with E-state index in [4.69, 9.17) is 10.5 Å². The second kappa shape index (κ2) is 5.02. The zero-order chi connectivity index (χ0) is 12.3. The van der Waals surface area contributed by atoms with E-state index < -0.39 is 0 Å². The predicted molar refractivity (Wildman–Crippen MR) is 66.5 cm³/mol. The first-order valence-electron chi connectivity index (χ1n) is 6.03. The first kappa shape index (κ1) is 12.3. The molecule has 4 heteroatoms. The van der Waals surface area contributed by atoms with Crippen molar-refractivity contribution >= 4 is 5.69 Å². The maximum Gasteiger partial charge on any atom is 0.123 e. The molecule has 0 radical (unpaired) electrons. The number of nitrogens with one attached hydrogen (secondary N) is 1. The van der Waals surface area contributed by atoms with Gasteiger partial charge in [-0.15, -0.1) is 0 Å². The Balaban J connectivity index is 1.95. The van der Waals surface area contributed by atoms with E-state index in [1.165, 1.54) is 12.1 Å². The van der Waals surface area contributed by atoms with Gasteiger partial charge < -0.3 is 15.8 Å². The van der Waals surface area contributed by atoms with Crippen molar-refractivity contribution in [3.63, 3.8) is 0 Å². The fourth-order valence-corrected chi connectivity index (χ4v) is 2.32. The Kier molecular flexibility index (Phi) is 3.64. The molecule has 2 rings (SSSR count). The van der Waals surface area contributed by atoms with Crippen LogP contribution in [-0.4, -0.2) is 24.8 Å². The van der Waals surface area contributed by atoms with Gasteiger partial charge in [0.05, 0.1) is 11.6 Å². The van der Waals surface area contributed by atoms with Gasteiger partial charge >= 0.3 is 0 Å². The summed E-state index contributed by atoms with van der Waals surface area (Å²) >= 11 is 0. The van der Waals surface area contributed by atoms with Crippen LogP contribution in [0, 0.1) is 5.82 Å². The van der Waals surface area contributed by atoms with Crippen LogP contribution >= 0.6 is 0 Å². The van der Waals surface area contributed by atoms with E-state index in [2.05, 4.69) is 5.32 Å². The van der Waals surface area contributed by atoms with Gasteiger partial charge in [0.25, 0.3) is 0 Å². The van der Waals surface area contributed by atoms with E-state index in [9.17, 15) is 4.39 Å². The lowest BCUT2D eigenvalue weighted by molar-refractivity contribution is -0.0271. The number of rotatable bonds is 5. The first-order valence-corrected chi connectivity index (χ1v) is 6.03. The molecule has 94 valence electrons. The lowest BCUT2D eigenvalue weighted by atomic mass is 9.74. The fourth-order valence-electron chi connectivity index (χ4n) is 2.32. The molecule has 0 bridgehead atoms. The van der Waals surface area contributed by atoms with E-state index in [-0.39, 0.29) is 11.4 Å². The number of benzene rings is 1. The molecule has 0 aliphatic heterocycles. The maximum absolute atomic E-state index is 12.8. The minimum atomic E-state index is -0.224. The molecule has 0 spiro atoms. The fraction of sp³-hybridized carbons (Fsp3) is 0.538. The van der Waals surface area contributed by atoms with Crippen molar-refractivity contribution in [2.75, 3.05) is 18.5 Å². The molecule has 0 heterocycles. The van der Waals surface area contributed by atoms with Gasteiger partial charge in [-0.25, -0.2) is 4.39 Å². The van der Waals surface area contributed by atoms with Gasteiger partial charge in [0.2, 0.25) is 0 Å². The van der Waals surface area contributed by atoms with Gasteiger partial charge in [-0.3, -0.25) is 0 Å². The molecule has 1 fully saturated rings. The Morgan fingerprint density at radius 2 is 2.06 bits per heavy atom. The summed E-state index contributed by atoms with van der Waals surface area (Å²) in [6, 6.07) is 6.37. The average molecular weight is 238 g/mol. The molecule has 0 atom stereocenters. The number of ether oxygens (including phenoxy) is 1. The monoisotopic (exact) mass is 238 g/mol. The van der Waals surface area contributed by atoms with Crippen LogP contribution in [0.2, 0.25) is 0 Å². The number of nitrogens with two attached hydrogens (primary N) is 1. The van der Waals surface area contributed by atoms with Gasteiger partial charge in [-0.1, -0.05) is 0 Å². The highest BCUT2D eigenvalue weighted by atomic mass is 19.1. The van der Waals surface area contributed by atoms with Gasteiger partial charge in [0, 0.05) is 18.8 Å². The second-order valence-corrected chi connectivity index (χ2v) is 4.60. The Morgan fingerprint density at radius 3 is 2.59 bits per heavy atom. The highest BCUT2D eigenvalue weighted by Gasteiger charge is 2.43. The van der Waals surface area contributed by atoms with Gasteiger partial charge in [-0.2, -0.15) is 0 Å². The lowest BCUT2D eigenvalue weighted by Crippen LogP contribution is -2.58. The number of hydrogen-bond donors (Lipinski definition) is 2. The highest BCUT2D eigenvalue weighted by Crippen LogP contribution is 2.36. The molecule has 0 unspecified atom stereocenters. The van der Waals surface area contributed by atoms with Crippen molar-refractivity contribution in [1.82, 2.24) is 0 Å². The third-order valence-electron chi connectivity index (χ3n) is 3.28. The molecule has 0 aromatic heterocycles. The summed E-state index contributed by atoms with van der Waals surface area (Å²) in [5.41, 5.74) is 6.64. The van der Waals surface area contributed by atoms with Crippen molar-refractivity contribution < 1.29 is 9.13 Å². The second-order valence-electron chi connectivity index (χ2n) is 4.60. The van der Waals surface area contributed by atoms with Crippen molar-refractivity contribution in [2.24, 2.45) is 5.73 Å². The van der Waals surface area contributed by atoms with Crippen LogP contribution in [0.25, 0.3) is 0 Å². The van der Waals surface area contributed by atoms with E-state index in [1.54, 1.807) is 12.1 Å². The van der Waals surface area contributed by atoms with Crippen molar-refractivity contribution in [1.29, 1.82) is 0 Å². The van der Waals surface area contributed by atoms with Gasteiger partial charge in [-0.05, 0) is 44.0 Å². The van der Waals surface area contributed by atoms with Crippen LogP contribution in [0.3, 0.4) is 0 Å². The van der Waals surface area contributed by atoms with Crippen molar-refractivity contribution in [2.45, 2.75) is 31.4 Å². The van der Waals surface area contributed by atoms with Crippen LogP contribution in [0.4, 0.5) is 10.1 Å². The highest BCUT2D eigenvalue weighted by molar-refractivity contribution is 5.46. The minimum absolute atomic E-state index is 0.0856. The molecule has 3 N–H and O–H groups in total. The van der Waals surface area contributed by atoms with E-state index in [1.807, 2.05) is 6.92 Å². The number of anilines is 1. The SMILES string of the molecule is CCOC1CC(CN)(Nc2ccc(F)cc2)C1. The minimum Gasteiger partial charge on any atom is -0.378 e. The van der Waals surface area contributed by atoms with Crippen molar-refractivity contribution in [3.8, 4) is 0 Å². The molecule has 0 amide bonds.